The zero-order valence-corrected chi connectivity index (χ0v) is 14.2. The lowest BCUT2D eigenvalue weighted by Crippen LogP contribution is -2.28. The highest BCUT2D eigenvalue weighted by atomic mass is 16.5. The maximum Gasteiger partial charge on any atom is 0.262 e. The maximum atomic E-state index is 11.9. The average Bonchev–Trinajstić information content (AvgIpc) is 2.59. The zero-order chi connectivity index (χ0) is 18.2. The summed E-state index contributed by atoms with van der Waals surface area (Å²) in [6.07, 6.45) is 0. The molecule has 0 bridgehead atoms. The van der Waals surface area contributed by atoms with Gasteiger partial charge in [0.15, 0.2) is 6.61 Å². The van der Waals surface area contributed by atoms with Crippen LogP contribution >= 0.6 is 0 Å². The molecule has 0 unspecified atom stereocenters. The van der Waals surface area contributed by atoms with Crippen LogP contribution in [-0.2, 0) is 9.59 Å². The standard InChI is InChI=1S/C19H21NO5/c1-13(2)14-3-7-16(8-4-14)24-11-18(21)20-15-5-9-17(10-6-15)25-12-19(22)23/h3-10,13H,11-12H2,1-2H3,(H,20,21)(H,22,23)/p-1. The van der Waals surface area contributed by atoms with E-state index in [1.807, 2.05) is 24.3 Å². The van der Waals surface area contributed by atoms with Gasteiger partial charge in [0.25, 0.3) is 5.91 Å². The first-order chi connectivity index (χ1) is 11.9. The van der Waals surface area contributed by atoms with E-state index in [4.69, 9.17) is 9.47 Å². The number of carboxylic acids is 1. The van der Waals surface area contributed by atoms with E-state index in [9.17, 15) is 14.7 Å². The smallest absolute Gasteiger partial charge is 0.262 e. The Labute approximate surface area is 146 Å². The Hall–Kier alpha value is -3.02. The van der Waals surface area contributed by atoms with Crippen LogP contribution in [0.15, 0.2) is 48.5 Å². The molecule has 0 saturated carbocycles. The Morgan fingerprint density at radius 3 is 1.96 bits per heavy atom. The van der Waals surface area contributed by atoms with Gasteiger partial charge in [0, 0.05) is 5.69 Å². The molecular weight excluding hydrogens is 322 g/mol. The molecule has 0 heterocycles. The molecule has 25 heavy (non-hydrogen) atoms. The molecule has 0 spiro atoms. The number of nitrogens with one attached hydrogen (secondary N) is 1. The van der Waals surface area contributed by atoms with E-state index in [0.717, 1.165) is 0 Å². The number of carbonyl (C=O) groups is 2. The lowest BCUT2D eigenvalue weighted by Gasteiger charge is -2.10. The van der Waals surface area contributed by atoms with E-state index >= 15 is 0 Å². The summed E-state index contributed by atoms with van der Waals surface area (Å²) in [7, 11) is 0. The van der Waals surface area contributed by atoms with Gasteiger partial charge >= 0.3 is 0 Å². The van der Waals surface area contributed by atoms with Crippen LogP contribution in [0.3, 0.4) is 0 Å². The quantitative estimate of drug-likeness (QED) is 0.792. The van der Waals surface area contributed by atoms with Crippen molar-refractivity contribution in [2.75, 3.05) is 18.5 Å². The minimum absolute atomic E-state index is 0.107. The molecule has 0 atom stereocenters. The Bertz CT molecular complexity index is 708. The highest BCUT2D eigenvalue weighted by Crippen LogP contribution is 2.19. The van der Waals surface area contributed by atoms with Crippen molar-refractivity contribution in [3.63, 3.8) is 0 Å². The molecular formula is C19H20NO5-. The molecule has 0 aromatic heterocycles. The van der Waals surface area contributed by atoms with Gasteiger partial charge in [-0.3, -0.25) is 4.79 Å². The van der Waals surface area contributed by atoms with Gasteiger partial charge in [-0.2, -0.15) is 0 Å². The van der Waals surface area contributed by atoms with Crippen molar-refractivity contribution in [3.8, 4) is 11.5 Å². The molecule has 0 aliphatic rings. The number of anilines is 1. The number of hydrogen-bond donors (Lipinski definition) is 1. The summed E-state index contributed by atoms with van der Waals surface area (Å²) < 4.78 is 10.4. The third kappa shape index (κ3) is 6.18. The van der Waals surface area contributed by atoms with E-state index in [1.165, 1.54) is 5.56 Å². The number of amides is 1. The van der Waals surface area contributed by atoms with Crippen LogP contribution in [-0.4, -0.2) is 25.1 Å². The van der Waals surface area contributed by atoms with Gasteiger partial charge in [0.2, 0.25) is 0 Å². The minimum Gasteiger partial charge on any atom is -0.546 e. The van der Waals surface area contributed by atoms with Gasteiger partial charge in [-0.1, -0.05) is 26.0 Å². The molecule has 0 radical (unpaired) electrons. The van der Waals surface area contributed by atoms with Crippen LogP contribution in [0, 0.1) is 0 Å². The van der Waals surface area contributed by atoms with Gasteiger partial charge in [0.05, 0.1) is 5.97 Å². The third-order valence-electron chi connectivity index (χ3n) is 3.41. The van der Waals surface area contributed by atoms with Crippen LogP contribution < -0.4 is 19.9 Å². The van der Waals surface area contributed by atoms with E-state index in [-0.39, 0.29) is 12.5 Å². The fourth-order valence-corrected chi connectivity index (χ4v) is 2.07. The molecule has 0 aliphatic heterocycles. The van der Waals surface area contributed by atoms with Gasteiger partial charge < -0.3 is 24.7 Å². The second-order valence-electron chi connectivity index (χ2n) is 5.75. The number of ether oxygens (including phenoxy) is 2. The summed E-state index contributed by atoms with van der Waals surface area (Å²) in [5.41, 5.74) is 1.77. The van der Waals surface area contributed by atoms with Crippen LogP contribution in [0.1, 0.15) is 25.3 Å². The predicted molar refractivity (Wildman–Crippen MR) is 91.6 cm³/mol. The molecule has 2 aromatic carbocycles. The van der Waals surface area contributed by atoms with Crippen molar-refractivity contribution >= 4 is 17.6 Å². The number of benzene rings is 2. The molecule has 2 rings (SSSR count). The first-order valence-electron chi connectivity index (χ1n) is 7.89. The van der Waals surface area contributed by atoms with Crippen molar-refractivity contribution < 1.29 is 24.2 Å². The third-order valence-corrected chi connectivity index (χ3v) is 3.41. The summed E-state index contributed by atoms with van der Waals surface area (Å²) >= 11 is 0. The van der Waals surface area contributed by atoms with E-state index < -0.39 is 12.6 Å². The van der Waals surface area contributed by atoms with Gasteiger partial charge in [0.1, 0.15) is 18.1 Å². The number of carboxylic acid groups (broad SMARTS) is 1. The normalized spacial score (nSPS) is 10.4. The van der Waals surface area contributed by atoms with Gasteiger partial charge in [-0.25, -0.2) is 0 Å². The summed E-state index contributed by atoms with van der Waals surface area (Å²) in [4.78, 5) is 22.2. The number of hydrogen-bond acceptors (Lipinski definition) is 5. The summed E-state index contributed by atoms with van der Waals surface area (Å²) in [5.74, 6) is -0.141. The minimum atomic E-state index is -1.30. The van der Waals surface area contributed by atoms with Crippen molar-refractivity contribution in [1.82, 2.24) is 0 Å². The largest absolute Gasteiger partial charge is 0.546 e. The summed E-state index contributed by atoms with van der Waals surface area (Å²) in [6.45, 7) is 3.59. The summed E-state index contributed by atoms with van der Waals surface area (Å²) in [5, 5.41) is 13.0. The van der Waals surface area contributed by atoms with E-state index in [1.54, 1.807) is 24.3 Å². The van der Waals surface area contributed by atoms with Crippen molar-refractivity contribution in [3.05, 3.63) is 54.1 Å². The Kier molecular flexibility index (Phi) is 6.39. The lowest BCUT2D eigenvalue weighted by atomic mass is 10.0. The second kappa shape index (κ2) is 8.73. The molecule has 6 nitrogen and oxygen atoms in total. The van der Waals surface area contributed by atoms with Crippen molar-refractivity contribution in [1.29, 1.82) is 0 Å². The van der Waals surface area contributed by atoms with E-state index in [0.29, 0.717) is 23.1 Å². The summed E-state index contributed by atoms with van der Waals surface area (Å²) in [6, 6.07) is 14.0. The maximum absolute atomic E-state index is 11.9. The van der Waals surface area contributed by atoms with Crippen LogP contribution in [0.5, 0.6) is 11.5 Å². The van der Waals surface area contributed by atoms with E-state index in [2.05, 4.69) is 19.2 Å². The average molecular weight is 342 g/mol. The topological polar surface area (TPSA) is 87.7 Å². The SMILES string of the molecule is CC(C)c1ccc(OCC(=O)Nc2ccc(OCC(=O)[O-])cc2)cc1. The Balaban J connectivity index is 1.80. The van der Waals surface area contributed by atoms with Crippen LogP contribution in [0.25, 0.3) is 0 Å². The molecule has 2 aromatic rings. The predicted octanol–water partition coefficient (Wildman–Crippen LogP) is 1.96. The van der Waals surface area contributed by atoms with Gasteiger partial charge in [-0.05, 0) is 47.9 Å². The Morgan fingerprint density at radius 1 is 0.920 bits per heavy atom. The molecule has 132 valence electrons. The second-order valence-corrected chi connectivity index (χ2v) is 5.75. The van der Waals surface area contributed by atoms with Crippen molar-refractivity contribution in [2.24, 2.45) is 0 Å². The fourth-order valence-electron chi connectivity index (χ4n) is 2.07. The molecule has 0 fully saturated rings. The first kappa shape index (κ1) is 18.3. The lowest BCUT2D eigenvalue weighted by molar-refractivity contribution is -0.307. The molecule has 0 aliphatic carbocycles. The molecule has 1 N–H and O–H groups in total. The highest BCUT2D eigenvalue weighted by molar-refractivity contribution is 5.91. The number of aliphatic carboxylic acids is 1. The molecule has 1 amide bonds. The molecule has 6 heteroatoms. The first-order valence-corrected chi connectivity index (χ1v) is 7.89. The Morgan fingerprint density at radius 2 is 1.44 bits per heavy atom. The van der Waals surface area contributed by atoms with Crippen LogP contribution in [0.2, 0.25) is 0 Å². The monoisotopic (exact) mass is 342 g/mol. The highest BCUT2D eigenvalue weighted by Gasteiger charge is 2.05. The van der Waals surface area contributed by atoms with Crippen molar-refractivity contribution in [2.45, 2.75) is 19.8 Å². The number of rotatable bonds is 8. The molecule has 0 saturated heterocycles. The van der Waals surface area contributed by atoms with Crippen LogP contribution in [0.4, 0.5) is 5.69 Å². The fraction of sp³-hybridized carbons (Fsp3) is 0.263. The number of carbonyl (C=O) groups excluding carboxylic acids is 2. The zero-order valence-electron chi connectivity index (χ0n) is 14.2. The van der Waals surface area contributed by atoms with Gasteiger partial charge in [-0.15, -0.1) is 0 Å².